The Labute approximate surface area is 187 Å². The molecule has 2 aliphatic rings. The monoisotopic (exact) mass is 430 g/mol. The lowest BCUT2D eigenvalue weighted by Gasteiger charge is -2.35. The first-order chi connectivity index (χ1) is 15.5. The summed E-state index contributed by atoms with van der Waals surface area (Å²) in [7, 11) is 0. The smallest absolute Gasteiger partial charge is 0.251 e. The molecule has 32 heavy (non-hydrogen) atoms. The number of nitrogens with zero attached hydrogens (tertiary/aromatic N) is 2. The minimum Gasteiger partial charge on any atom is -0.383 e. The molecule has 2 aromatic carbocycles. The molecule has 1 atom stereocenters. The molecule has 5 nitrogen and oxygen atoms in total. The van der Waals surface area contributed by atoms with E-state index < -0.39 is 0 Å². The first kappa shape index (κ1) is 20.5. The lowest BCUT2D eigenvalue weighted by molar-refractivity contribution is 0.0946. The zero-order valence-electron chi connectivity index (χ0n) is 18.2. The van der Waals surface area contributed by atoms with Gasteiger partial charge in [0.15, 0.2) is 0 Å². The van der Waals surface area contributed by atoms with Crippen molar-refractivity contribution in [2.24, 2.45) is 0 Å². The van der Waals surface area contributed by atoms with Gasteiger partial charge in [0.2, 0.25) is 0 Å². The number of carbonyl (C=O) groups is 1. The summed E-state index contributed by atoms with van der Waals surface area (Å²) >= 11 is 0. The second-order valence-corrected chi connectivity index (χ2v) is 8.74. The molecule has 3 N–H and O–H groups in total. The van der Waals surface area contributed by atoms with Gasteiger partial charge in [-0.2, -0.15) is 0 Å². The predicted molar refractivity (Wildman–Crippen MR) is 126 cm³/mol. The molecule has 164 valence electrons. The molecule has 0 aliphatic carbocycles. The van der Waals surface area contributed by atoms with Crippen molar-refractivity contribution in [3.05, 3.63) is 65.6 Å². The van der Waals surface area contributed by atoms with E-state index in [1.54, 1.807) is 12.3 Å². The van der Waals surface area contributed by atoms with Crippen molar-refractivity contribution in [3.63, 3.8) is 0 Å². The van der Waals surface area contributed by atoms with E-state index in [0.717, 1.165) is 48.2 Å². The third-order valence-corrected chi connectivity index (χ3v) is 6.66. The van der Waals surface area contributed by atoms with Crippen LogP contribution in [-0.4, -0.2) is 30.0 Å². The number of fused-ring (bicyclic) bond motifs is 1. The number of nitrogens with two attached hydrogens (primary N) is 1. The highest BCUT2D eigenvalue weighted by atomic mass is 19.1. The van der Waals surface area contributed by atoms with Gasteiger partial charge in [-0.05, 0) is 74.1 Å². The number of benzene rings is 2. The van der Waals surface area contributed by atoms with Gasteiger partial charge in [0.25, 0.3) is 5.91 Å². The maximum absolute atomic E-state index is 15.2. The lowest BCUT2D eigenvalue weighted by atomic mass is 9.94. The number of rotatable bonds is 3. The number of nitrogen functional groups attached to an aromatic ring is 1. The van der Waals surface area contributed by atoms with Gasteiger partial charge in [0.1, 0.15) is 11.6 Å². The summed E-state index contributed by atoms with van der Waals surface area (Å²) in [6, 6.07) is 13.4. The molecule has 1 fully saturated rings. The summed E-state index contributed by atoms with van der Waals surface area (Å²) in [6.45, 7) is 3.78. The molecule has 1 amide bonds. The van der Waals surface area contributed by atoms with Crippen LogP contribution in [0.4, 0.5) is 15.9 Å². The molecule has 0 bridgehead atoms. The van der Waals surface area contributed by atoms with Gasteiger partial charge in [0.05, 0.1) is 0 Å². The predicted octanol–water partition coefficient (Wildman–Crippen LogP) is 4.80. The van der Waals surface area contributed by atoms with Gasteiger partial charge >= 0.3 is 0 Å². The van der Waals surface area contributed by atoms with E-state index in [9.17, 15) is 4.79 Å². The number of amides is 1. The number of aromatic nitrogens is 1. The van der Waals surface area contributed by atoms with Crippen molar-refractivity contribution in [1.82, 2.24) is 10.3 Å². The molecule has 3 aromatic rings. The highest BCUT2D eigenvalue weighted by molar-refractivity contribution is 5.97. The van der Waals surface area contributed by atoms with Crippen LogP contribution < -0.4 is 16.0 Å². The van der Waals surface area contributed by atoms with Gasteiger partial charge in [0, 0.05) is 53.3 Å². The largest absolute Gasteiger partial charge is 0.383 e. The normalized spacial score (nSPS) is 18.2. The number of pyridine rings is 1. The van der Waals surface area contributed by atoms with Crippen molar-refractivity contribution in [2.45, 2.75) is 38.6 Å². The Kier molecular flexibility index (Phi) is 5.29. The fourth-order valence-corrected chi connectivity index (χ4v) is 4.85. The zero-order valence-corrected chi connectivity index (χ0v) is 18.2. The molecule has 2 aliphatic heterocycles. The Balaban J connectivity index is 1.50. The van der Waals surface area contributed by atoms with Gasteiger partial charge < -0.3 is 16.0 Å². The van der Waals surface area contributed by atoms with Crippen LogP contribution in [0, 0.1) is 5.82 Å². The standard InChI is InChI=1S/C26H27FN4O/c1-16-4-2-3-11-31(16)20-6-8-21(24(27)14-20)19-13-23(25(28)30-15-19)17-5-7-22-18(12-17)9-10-29-26(22)32/h5-8,12-16H,2-4,9-11H2,1H3,(H2,28,30)(H,29,32)/t16-/m1/s1. The maximum Gasteiger partial charge on any atom is 0.251 e. The average molecular weight is 431 g/mol. The molecule has 6 heteroatoms. The third kappa shape index (κ3) is 3.70. The van der Waals surface area contributed by atoms with E-state index in [1.165, 1.54) is 6.42 Å². The second-order valence-electron chi connectivity index (χ2n) is 8.74. The summed E-state index contributed by atoms with van der Waals surface area (Å²) in [4.78, 5) is 18.7. The van der Waals surface area contributed by atoms with Crippen LogP contribution in [0.15, 0.2) is 48.7 Å². The summed E-state index contributed by atoms with van der Waals surface area (Å²) in [5.74, 6) is 0.0656. The van der Waals surface area contributed by atoms with Crippen molar-refractivity contribution in [1.29, 1.82) is 0 Å². The van der Waals surface area contributed by atoms with Crippen LogP contribution in [-0.2, 0) is 6.42 Å². The first-order valence-corrected chi connectivity index (χ1v) is 11.2. The van der Waals surface area contributed by atoms with Gasteiger partial charge in [-0.15, -0.1) is 0 Å². The Morgan fingerprint density at radius 3 is 2.72 bits per heavy atom. The van der Waals surface area contributed by atoms with E-state index in [2.05, 4.69) is 22.1 Å². The van der Waals surface area contributed by atoms with Crippen LogP contribution in [0.3, 0.4) is 0 Å². The van der Waals surface area contributed by atoms with Crippen LogP contribution in [0.5, 0.6) is 0 Å². The minimum absolute atomic E-state index is 0.0529. The molecule has 0 unspecified atom stereocenters. The van der Waals surface area contributed by atoms with Gasteiger partial charge in [-0.1, -0.05) is 12.1 Å². The highest BCUT2D eigenvalue weighted by Gasteiger charge is 2.21. The van der Waals surface area contributed by atoms with Crippen molar-refractivity contribution >= 4 is 17.4 Å². The zero-order chi connectivity index (χ0) is 22.2. The molecule has 1 aromatic heterocycles. The van der Waals surface area contributed by atoms with E-state index in [0.29, 0.717) is 35.1 Å². The maximum atomic E-state index is 15.2. The van der Waals surface area contributed by atoms with Crippen molar-refractivity contribution in [3.8, 4) is 22.3 Å². The van der Waals surface area contributed by atoms with Gasteiger partial charge in [-0.3, -0.25) is 4.79 Å². The van der Waals surface area contributed by atoms with Crippen LogP contribution in [0.1, 0.15) is 42.1 Å². The molecule has 0 saturated carbocycles. The summed E-state index contributed by atoms with van der Waals surface area (Å²) in [6.07, 6.45) is 5.89. The van der Waals surface area contributed by atoms with Gasteiger partial charge in [-0.25, -0.2) is 9.37 Å². The molecule has 5 rings (SSSR count). The summed E-state index contributed by atoms with van der Waals surface area (Å²) in [5.41, 5.74) is 11.6. The van der Waals surface area contributed by atoms with E-state index >= 15 is 4.39 Å². The number of anilines is 2. The molecular weight excluding hydrogens is 403 g/mol. The number of carbonyl (C=O) groups excluding carboxylic acids is 1. The molecule has 0 radical (unpaired) electrons. The second kappa shape index (κ2) is 8.26. The topological polar surface area (TPSA) is 71.2 Å². The highest BCUT2D eigenvalue weighted by Crippen LogP contribution is 2.34. The molecule has 0 spiro atoms. The summed E-state index contributed by atoms with van der Waals surface area (Å²) < 4.78 is 15.2. The minimum atomic E-state index is -0.264. The Hall–Kier alpha value is -3.41. The van der Waals surface area contributed by atoms with E-state index in [-0.39, 0.29) is 11.7 Å². The molecule has 3 heterocycles. The van der Waals surface area contributed by atoms with Crippen LogP contribution in [0.25, 0.3) is 22.3 Å². The van der Waals surface area contributed by atoms with Crippen LogP contribution >= 0.6 is 0 Å². The SMILES string of the molecule is C[C@@H]1CCCCN1c1ccc(-c2cnc(N)c(-c3ccc4c(c3)CCNC4=O)c2)c(F)c1. The fraction of sp³-hybridized carbons (Fsp3) is 0.308. The number of nitrogens with one attached hydrogen (secondary N) is 1. The average Bonchev–Trinajstić information content (AvgIpc) is 2.80. The number of piperidine rings is 1. The molecular formula is C26H27FN4O. The lowest BCUT2D eigenvalue weighted by Crippen LogP contribution is -2.37. The molecule has 1 saturated heterocycles. The Bertz CT molecular complexity index is 1190. The first-order valence-electron chi connectivity index (χ1n) is 11.2. The number of halogens is 1. The van der Waals surface area contributed by atoms with E-state index in [1.807, 2.05) is 36.4 Å². The number of hydrogen-bond acceptors (Lipinski definition) is 4. The summed E-state index contributed by atoms with van der Waals surface area (Å²) in [5, 5.41) is 2.86. The quantitative estimate of drug-likeness (QED) is 0.626. The van der Waals surface area contributed by atoms with Crippen molar-refractivity contribution < 1.29 is 9.18 Å². The Morgan fingerprint density at radius 2 is 1.91 bits per heavy atom. The number of hydrogen-bond donors (Lipinski definition) is 2. The third-order valence-electron chi connectivity index (χ3n) is 6.66. The Morgan fingerprint density at radius 1 is 1.06 bits per heavy atom. The van der Waals surface area contributed by atoms with Crippen LogP contribution in [0.2, 0.25) is 0 Å². The van der Waals surface area contributed by atoms with E-state index in [4.69, 9.17) is 5.73 Å². The van der Waals surface area contributed by atoms with Crippen molar-refractivity contribution in [2.75, 3.05) is 23.7 Å². The fourth-order valence-electron chi connectivity index (χ4n) is 4.85.